The molecule has 0 saturated carbocycles. The van der Waals surface area contributed by atoms with Crippen molar-refractivity contribution >= 4 is 11.9 Å². The van der Waals surface area contributed by atoms with E-state index in [0.717, 1.165) is 6.42 Å². The van der Waals surface area contributed by atoms with Crippen LogP contribution in [0.1, 0.15) is 26.2 Å². The number of carbonyl (C=O) groups excluding carboxylic acids is 2. The molecule has 2 unspecified atom stereocenters. The fourth-order valence-electron chi connectivity index (χ4n) is 1.86. The summed E-state index contributed by atoms with van der Waals surface area (Å²) < 4.78 is 5.27. The van der Waals surface area contributed by atoms with Gasteiger partial charge in [-0.1, -0.05) is 6.92 Å². The van der Waals surface area contributed by atoms with Gasteiger partial charge in [0.15, 0.2) is 0 Å². The van der Waals surface area contributed by atoms with Crippen molar-refractivity contribution < 1.29 is 14.3 Å². The van der Waals surface area contributed by atoms with Crippen molar-refractivity contribution in [3.63, 3.8) is 0 Å². The quantitative estimate of drug-likeness (QED) is 0.698. The molecule has 1 aliphatic rings. The standard InChI is InChI=1S/C11H20N2O3/c1-4-10(14)16-8-5-6-9(12-2)11(15)13(3)7-8/h8-9,12H,4-7H2,1-3H3. The topological polar surface area (TPSA) is 58.6 Å². The van der Waals surface area contributed by atoms with Crippen molar-refractivity contribution in [1.29, 1.82) is 0 Å². The molecular weight excluding hydrogens is 208 g/mol. The van der Waals surface area contributed by atoms with Crippen molar-refractivity contribution in [2.45, 2.75) is 38.3 Å². The third-order valence-corrected chi connectivity index (χ3v) is 2.86. The smallest absolute Gasteiger partial charge is 0.305 e. The highest BCUT2D eigenvalue weighted by Gasteiger charge is 2.29. The van der Waals surface area contributed by atoms with E-state index in [9.17, 15) is 9.59 Å². The first-order chi connectivity index (χ1) is 7.58. The minimum Gasteiger partial charge on any atom is -0.460 e. The van der Waals surface area contributed by atoms with Gasteiger partial charge in [0, 0.05) is 13.5 Å². The van der Waals surface area contributed by atoms with Gasteiger partial charge < -0.3 is 15.0 Å². The number of esters is 1. The van der Waals surface area contributed by atoms with Crippen LogP contribution in [0.5, 0.6) is 0 Å². The SMILES string of the molecule is CCC(=O)OC1CCC(NC)C(=O)N(C)C1. The van der Waals surface area contributed by atoms with E-state index in [2.05, 4.69) is 5.32 Å². The number of hydrogen-bond donors (Lipinski definition) is 1. The predicted molar refractivity (Wildman–Crippen MR) is 59.9 cm³/mol. The lowest BCUT2D eigenvalue weighted by Crippen LogP contribution is -2.42. The summed E-state index contributed by atoms with van der Waals surface area (Å²) in [5, 5.41) is 2.98. The first-order valence-electron chi connectivity index (χ1n) is 5.70. The Morgan fingerprint density at radius 1 is 1.56 bits per heavy atom. The summed E-state index contributed by atoms with van der Waals surface area (Å²) in [6.45, 7) is 2.26. The molecule has 0 radical (unpaired) electrons. The highest BCUT2D eigenvalue weighted by molar-refractivity contribution is 5.82. The highest BCUT2D eigenvalue weighted by atomic mass is 16.5. The van der Waals surface area contributed by atoms with E-state index < -0.39 is 0 Å². The molecule has 0 bridgehead atoms. The fourth-order valence-corrected chi connectivity index (χ4v) is 1.86. The van der Waals surface area contributed by atoms with Crippen LogP contribution in [0.25, 0.3) is 0 Å². The monoisotopic (exact) mass is 228 g/mol. The number of rotatable bonds is 3. The third kappa shape index (κ3) is 3.20. The van der Waals surface area contributed by atoms with Crippen LogP contribution in [0.4, 0.5) is 0 Å². The molecule has 5 heteroatoms. The first-order valence-corrected chi connectivity index (χ1v) is 5.70. The van der Waals surface area contributed by atoms with Gasteiger partial charge in [-0.2, -0.15) is 0 Å². The van der Waals surface area contributed by atoms with Gasteiger partial charge in [0.1, 0.15) is 6.10 Å². The molecule has 2 atom stereocenters. The summed E-state index contributed by atoms with van der Waals surface area (Å²) >= 11 is 0. The molecule has 1 N–H and O–H groups in total. The Morgan fingerprint density at radius 2 is 2.25 bits per heavy atom. The number of amides is 1. The zero-order chi connectivity index (χ0) is 12.1. The molecule has 1 aliphatic heterocycles. The molecule has 1 saturated heterocycles. The summed E-state index contributed by atoms with van der Waals surface area (Å²) in [5.41, 5.74) is 0. The maximum absolute atomic E-state index is 11.8. The second-order valence-electron chi connectivity index (χ2n) is 4.10. The average molecular weight is 228 g/mol. The number of nitrogens with zero attached hydrogens (tertiary/aromatic N) is 1. The van der Waals surface area contributed by atoms with Crippen LogP contribution >= 0.6 is 0 Å². The molecule has 0 aromatic carbocycles. The van der Waals surface area contributed by atoms with Gasteiger partial charge in [-0.3, -0.25) is 9.59 Å². The Labute approximate surface area is 96.1 Å². The van der Waals surface area contributed by atoms with E-state index >= 15 is 0 Å². The average Bonchev–Trinajstić information content (AvgIpc) is 2.40. The van der Waals surface area contributed by atoms with Crippen molar-refractivity contribution in [2.24, 2.45) is 0 Å². The molecule has 0 aromatic heterocycles. The number of likely N-dealkylation sites (tertiary alicyclic amines) is 1. The van der Waals surface area contributed by atoms with E-state index in [1.165, 1.54) is 0 Å². The number of nitrogens with one attached hydrogen (secondary N) is 1. The van der Waals surface area contributed by atoms with Crippen LogP contribution < -0.4 is 5.32 Å². The number of ether oxygens (including phenoxy) is 1. The summed E-state index contributed by atoms with van der Waals surface area (Å²) in [7, 11) is 3.51. The predicted octanol–water partition coefficient (Wildman–Crippen LogP) is 0.148. The molecule has 0 aliphatic carbocycles. The minimum absolute atomic E-state index is 0.0672. The lowest BCUT2D eigenvalue weighted by molar-refractivity contribution is -0.150. The maximum atomic E-state index is 11.8. The van der Waals surface area contributed by atoms with Crippen LogP contribution in [-0.2, 0) is 14.3 Å². The van der Waals surface area contributed by atoms with Gasteiger partial charge in [0.05, 0.1) is 12.6 Å². The molecule has 92 valence electrons. The van der Waals surface area contributed by atoms with E-state index in [0.29, 0.717) is 19.4 Å². The fraction of sp³-hybridized carbons (Fsp3) is 0.818. The molecule has 1 fully saturated rings. The number of carbonyl (C=O) groups is 2. The van der Waals surface area contributed by atoms with Crippen molar-refractivity contribution in [2.75, 3.05) is 20.6 Å². The van der Waals surface area contributed by atoms with Gasteiger partial charge in [0.2, 0.25) is 5.91 Å². The van der Waals surface area contributed by atoms with Crippen LogP contribution in [0, 0.1) is 0 Å². The van der Waals surface area contributed by atoms with Crippen molar-refractivity contribution in [3.8, 4) is 0 Å². The first kappa shape index (κ1) is 13.0. The summed E-state index contributed by atoms with van der Waals surface area (Å²) in [5.74, 6) is -0.133. The molecule has 0 spiro atoms. The molecule has 1 rings (SSSR count). The van der Waals surface area contributed by atoms with Gasteiger partial charge in [0.25, 0.3) is 0 Å². The summed E-state index contributed by atoms with van der Waals surface area (Å²) in [6.07, 6.45) is 1.65. The Balaban J connectivity index is 2.59. The number of likely N-dealkylation sites (N-methyl/N-ethyl adjacent to an activating group) is 2. The zero-order valence-electron chi connectivity index (χ0n) is 10.2. The minimum atomic E-state index is -0.200. The summed E-state index contributed by atoms with van der Waals surface area (Å²) in [6, 6.07) is -0.157. The largest absolute Gasteiger partial charge is 0.460 e. The van der Waals surface area contributed by atoms with Crippen LogP contribution in [0.15, 0.2) is 0 Å². The Bertz CT molecular complexity index is 268. The maximum Gasteiger partial charge on any atom is 0.305 e. The van der Waals surface area contributed by atoms with E-state index in [1.54, 1.807) is 25.9 Å². The second-order valence-corrected chi connectivity index (χ2v) is 4.10. The van der Waals surface area contributed by atoms with Crippen LogP contribution in [-0.4, -0.2) is 49.6 Å². The molecule has 5 nitrogen and oxygen atoms in total. The van der Waals surface area contributed by atoms with E-state index in [-0.39, 0.29) is 24.0 Å². The van der Waals surface area contributed by atoms with E-state index in [1.807, 2.05) is 0 Å². The van der Waals surface area contributed by atoms with Crippen LogP contribution in [0.3, 0.4) is 0 Å². The molecule has 1 heterocycles. The van der Waals surface area contributed by atoms with Gasteiger partial charge in [-0.05, 0) is 19.9 Å². The summed E-state index contributed by atoms with van der Waals surface area (Å²) in [4.78, 5) is 24.6. The lowest BCUT2D eigenvalue weighted by Gasteiger charge is -2.21. The Kier molecular flexibility index (Phi) is 4.73. The van der Waals surface area contributed by atoms with Crippen molar-refractivity contribution in [1.82, 2.24) is 10.2 Å². The van der Waals surface area contributed by atoms with E-state index in [4.69, 9.17) is 4.74 Å². The Hall–Kier alpha value is -1.10. The molecular formula is C11H20N2O3. The lowest BCUT2D eigenvalue weighted by atomic mass is 10.1. The molecule has 0 aromatic rings. The highest BCUT2D eigenvalue weighted by Crippen LogP contribution is 2.14. The van der Waals surface area contributed by atoms with Gasteiger partial charge in [-0.25, -0.2) is 0 Å². The van der Waals surface area contributed by atoms with Gasteiger partial charge >= 0.3 is 5.97 Å². The third-order valence-electron chi connectivity index (χ3n) is 2.86. The normalized spacial score (nSPS) is 26.4. The zero-order valence-corrected chi connectivity index (χ0v) is 10.2. The van der Waals surface area contributed by atoms with Gasteiger partial charge in [-0.15, -0.1) is 0 Å². The molecule has 16 heavy (non-hydrogen) atoms. The van der Waals surface area contributed by atoms with Crippen molar-refractivity contribution in [3.05, 3.63) is 0 Å². The van der Waals surface area contributed by atoms with Crippen LogP contribution in [0.2, 0.25) is 0 Å². The molecule has 1 amide bonds. The Morgan fingerprint density at radius 3 is 2.81 bits per heavy atom. The second kappa shape index (κ2) is 5.84. The number of hydrogen-bond acceptors (Lipinski definition) is 4.